The minimum atomic E-state index is -0.592. The molecule has 1 heterocycles. The number of nitrogens with one attached hydrogen (secondary N) is 2. The number of carbonyl (C=O) groups excluding carboxylic acids is 2. The van der Waals surface area contributed by atoms with Crippen LogP contribution in [0.25, 0.3) is 0 Å². The van der Waals surface area contributed by atoms with Gasteiger partial charge in [0.25, 0.3) is 5.91 Å². The molecule has 0 saturated carbocycles. The number of Topliss-reactive ketones (excluding diaryl/α,β-unsaturated/α-hetero) is 1. The molecule has 1 aliphatic carbocycles. The van der Waals surface area contributed by atoms with Crippen LogP contribution in [0.2, 0.25) is 0 Å². The Morgan fingerprint density at radius 3 is 2.40 bits per heavy atom. The molecule has 7 nitrogen and oxygen atoms in total. The Balaban J connectivity index is 1.87. The van der Waals surface area contributed by atoms with E-state index >= 15 is 0 Å². The van der Waals surface area contributed by atoms with E-state index in [0.29, 0.717) is 52.6 Å². The molecule has 184 valence electrons. The molecule has 7 heteroatoms. The van der Waals surface area contributed by atoms with Crippen LogP contribution in [0.3, 0.4) is 0 Å². The Morgan fingerprint density at radius 1 is 1.00 bits per heavy atom. The molecule has 4 rings (SSSR count). The van der Waals surface area contributed by atoms with E-state index in [1.165, 1.54) is 0 Å². The fraction of sp³-hybridized carbons (Fsp3) is 0.357. The predicted molar refractivity (Wildman–Crippen MR) is 135 cm³/mol. The average molecular weight is 477 g/mol. The highest BCUT2D eigenvalue weighted by atomic mass is 16.5. The maximum absolute atomic E-state index is 13.8. The van der Waals surface area contributed by atoms with Gasteiger partial charge in [0.15, 0.2) is 5.78 Å². The second-order valence-electron chi connectivity index (χ2n) is 9.69. The molecule has 0 radical (unpaired) electrons. The minimum absolute atomic E-state index is 0.0294. The van der Waals surface area contributed by atoms with Crippen LogP contribution < -0.4 is 24.8 Å². The molecule has 1 amide bonds. The van der Waals surface area contributed by atoms with E-state index in [-0.39, 0.29) is 17.1 Å². The number of methoxy groups -OCH3 is 3. The van der Waals surface area contributed by atoms with E-state index in [1.807, 2.05) is 31.2 Å². The number of hydrogen-bond acceptors (Lipinski definition) is 6. The Bertz CT molecular complexity index is 1240. The first-order chi connectivity index (χ1) is 16.7. The third kappa shape index (κ3) is 4.63. The lowest BCUT2D eigenvalue weighted by Crippen LogP contribution is -2.39. The van der Waals surface area contributed by atoms with Crippen LogP contribution in [0.15, 0.2) is 65.0 Å². The van der Waals surface area contributed by atoms with Crippen molar-refractivity contribution in [3.63, 3.8) is 0 Å². The van der Waals surface area contributed by atoms with E-state index in [2.05, 4.69) is 24.5 Å². The van der Waals surface area contributed by atoms with Gasteiger partial charge in [0.2, 0.25) is 0 Å². The van der Waals surface area contributed by atoms with Crippen molar-refractivity contribution in [3.8, 4) is 17.2 Å². The lowest BCUT2D eigenvalue weighted by molar-refractivity contribution is -0.118. The van der Waals surface area contributed by atoms with E-state index in [0.717, 1.165) is 11.3 Å². The first-order valence-corrected chi connectivity index (χ1v) is 11.6. The van der Waals surface area contributed by atoms with Crippen LogP contribution in [0, 0.1) is 5.41 Å². The number of ether oxygens (including phenoxy) is 3. The Morgan fingerprint density at radius 2 is 1.71 bits per heavy atom. The molecule has 0 bridgehead atoms. The molecule has 2 aliphatic rings. The molecule has 1 atom stereocenters. The normalized spacial score (nSPS) is 19.0. The fourth-order valence-corrected chi connectivity index (χ4v) is 5.04. The summed E-state index contributed by atoms with van der Waals surface area (Å²) in [7, 11) is 4.72. The number of para-hydroxylation sites is 2. The van der Waals surface area contributed by atoms with E-state index in [1.54, 1.807) is 39.5 Å². The molecule has 0 aromatic heterocycles. The number of benzene rings is 2. The second kappa shape index (κ2) is 9.49. The molecule has 0 fully saturated rings. The van der Waals surface area contributed by atoms with Crippen LogP contribution in [0.1, 0.15) is 45.1 Å². The smallest absolute Gasteiger partial charge is 0.254 e. The second-order valence-corrected chi connectivity index (χ2v) is 9.69. The van der Waals surface area contributed by atoms with Crippen molar-refractivity contribution < 1.29 is 23.8 Å². The van der Waals surface area contributed by atoms with Gasteiger partial charge in [0.05, 0.1) is 32.9 Å². The minimum Gasteiger partial charge on any atom is -0.497 e. The van der Waals surface area contributed by atoms with Gasteiger partial charge in [-0.1, -0.05) is 32.0 Å². The monoisotopic (exact) mass is 476 g/mol. The lowest BCUT2D eigenvalue weighted by Gasteiger charge is -2.40. The largest absolute Gasteiger partial charge is 0.497 e. The first kappa shape index (κ1) is 24.4. The Labute approximate surface area is 206 Å². The number of ketones is 1. The van der Waals surface area contributed by atoms with Gasteiger partial charge >= 0.3 is 0 Å². The third-order valence-electron chi connectivity index (χ3n) is 6.59. The summed E-state index contributed by atoms with van der Waals surface area (Å²) in [6.45, 7) is 6.04. The van der Waals surface area contributed by atoms with Crippen molar-refractivity contribution in [2.45, 2.75) is 39.5 Å². The highest BCUT2D eigenvalue weighted by Gasteiger charge is 2.43. The summed E-state index contributed by atoms with van der Waals surface area (Å²) >= 11 is 0. The number of carbonyl (C=O) groups is 2. The molecule has 1 aliphatic heterocycles. The molecule has 0 unspecified atom stereocenters. The lowest BCUT2D eigenvalue weighted by atomic mass is 9.68. The molecule has 2 N–H and O–H groups in total. The third-order valence-corrected chi connectivity index (χ3v) is 6.59. The van der Waals surface area contributed by atoms with Crippen LogP contribution in [-0.4, -0.2) is 33.0 Å². The van der Waals surface area contributed by atoms with Gasteiger partial charge in [-0.15, -0.1) is 0 Å². The molecule has 35 heavy (non-hydrogen) atoms. The van der Waals surface area contributed by atoms with Crippen LogP contribution in [0.5, 0.6) is 17.2 Å². The zero-order valence-corrected chi connectivity index (χ0v) is 21.1. The van der Waals surface area contributed by atoms with E-state index < -0.39 is 5.92 Å². The molecule has 2 aromatic carbocycles. The maximum Gasteiger partial charge on any atom is 0.254 e. The van der Waals surface area contributed by atoms with Gasteiger partial charge in [0.1, 0.15) is 17.2 Å². The standard InChI is InChI=1S/C28H32N2O5/c1-16-24(27(32)30-19-9-7-8-10-22(19)34-5)25(18-12-11-17(33-4)13-23(18)35-6)26-20(29-16)14-28(2,3)15-21(26)31/h7-13,25,29H,14-15H2,1-6H3,(H,30,32)/t25-/m1/s1. The SMILES string of the molecule is COc1ccc([C@@H]2C(C(=O)Nc3ccccc3OC)=C(C)NC3=C2C(=O)CC(C)(C)C3)c(OC)c1. The molecule has 0 saturated heterocycles. The van der Waals surface area contributed by atoms with Crippen LogP contribution in [-0.2, 0) is 9.59 Å². The summed E-state index contributed by atoms with van der Waals surface area (Å²) in [5, 5.41) is 6.38. The fourth-order valence-electron chi connectivity index (χ4n) is 5.04. The molecular formula is C28H32N2O5. The van der Waals surface area contributed by atoms with Crippen molar-refractivity contribution in [2.24, 2.45) is 5.41 Å². The van der Waals surface area contributed by atoms with Crippen molar-refractivity contribution in [3.05, 3.63) is 70.6 Å². The van der Waals surface area contributed by atoms with Crippen molar-refractivity contribution in [2.75, 3.05) is 26.6 Å². The van der Waals surface area contributed by atoms with Gasteiger partial charge in [-0.2, -0.15) is 0 Å². The molecular weight excluding hydrogens is 444 g/mol. The number of amides is 1. The van der Waals surface area contributed by atoms with E-state index in [9.17, 15) is 9.59 Å². The maximum atomic E-state index is 13.8. The zero-order valence-electron chi connectivity index (χ0n) is 21.1. The predicted octanol–water partition coefficient (Wildman–Crippen LogP) is 4.96. The van der Waals surface area contributed by atoms with Gasteiger partial charge in [-0.25, -0.2) is 0 Å². The molecule has 0 spiro atoms. The van der Waals surface area contributed by atoms with Gasteiger partial charge in [0, 0.05) is 40.6 Å². The first-order valence-electron chi connectivity index (χ1n) is 11.6. The van der Waals surface area contributed by atoms with Crippen LogP contribution >= 0.6 is 0 Å². The topological polar surface area (TPSA) is 85.9 Å². The Hall–Kier alpha value is -3.74. The van der Waals surface area contributed by atoms with Crippen molar-refractivity contribution in [1.29, 1.82) is 0 Å². The summed E-state index contributed by atoms with van der Waals surface area (Å²) in [6.07, 6.45) is 1.12. The van der Waals surface area contributed by atoms with Crippen LogP contribution in [0.4, 0.5) is 5.69 Å². The number of allylic oxidation sites excluding steroid dienone is 3. The van der Waals surface area contributed by atoms with Crippen molar-refractivity contribution in [1.82, 2.24) is 5.32 Å². The Kier molecular flexibility index (Phi) is 6.61. The van der Waals surface area contributed by atoms with Gasteiger partial charge in [-0.05, 0) is 37.0 Å². The summed E-state index contributed by atoms with van der Waals surface area (Å²) in [4.78, 5) is 27.3. The van der Waals surface area contributed by atoms with Gasteiger partial charge < -0.3 is 24.8 Å². The number of dihydropyridines is 1. The average Bonchev–Trinajstić information content (AvgIpc) is 2.82. The summed E-state index contributed by atoms with van der Waals surface area (Å²) in [6, 6.07) is 12.7. The highest BCUT2D eigenvalue weighted by Crippen LogP contribution is 2.49. The number of hydrogen-bond donors (Lipinski definition) is 2. The quantitative estimate of drug-likeness (QED) is 0.613. The van der Waals surface area contributed by atoms with E-state index in [4.69, 9.17) is 14.2 Å². The molecule has 2 aromatic rings. The zero-order chi connectivity index (χ0) is 25.3. The summed E-state index contributed by atoms with van der Waals surface area (Å²) < 4.78 is 16.5. The highest BCUT2D eigenvalue weighted by molar-refractivity contribution is 6.10. The van der Waals surface area contributed by atoms with Gasteiger partial charge in [-0.3, -0.25) is 9.59 Å². The summed E-state index contributed by atoms with van der Waals surface area (Å²) in [5.74, 6) is 0.859. The number of rotatable bonds is 6. The van der Waals surface area contributed by atoms with Crippen molar-refractivity contribution >= 4 is 17.4 Å². The summed E-state index contributed by atoms with van der Waals surface area (Å²) in [5.41, 5.74) is 3.76. The number of anilines is 1.